The number of rotatable bonds is 6. The van der Waals surface area contributed by atoms with E-state index in [-0.39, 0.29) is 22.9 Å². The number of non-ortho nitro benzene ring substituents is 1. The monoisotopic (exact) mass is 486 g/mol. The third-order valence-corrected chi connectivity index (χ3v) is 6.82. The van der Waals surface area contributed by atoms with Crippen LogP contribution in [0, 0.1) is 17.0 Å². The predicted octanol–water partition coefficient (Wildman–Crippen LogP) is 5.66. The van der Waals surface area contributed by atoms with E-state index in [0.29, 0.717) is 10.0 Å². The molecule has 162 valence electrons. The van der Waals surface area contributed by atoms with E-state index in [0.717, 1.165) is 38.4 Å². The van der Waals surface area contributed by atoms with E-state index in [1.165, 1.54) is 24.2 Å². The van der Waals surface area contributed by atoms with E-state index >= 15 is 0 Å². The van der Waals surface area contributed by atoms with Gasteiger partial charge in [-0.15, -0.1) is 11.3 Å². The number of carbonyl (C=O) groups is 1. The van der Waals surface area contributed by atoms with Crippen LogP contribution in [-0.4, -0.2) is 31.7 Å². The molecule has 0 saturated carbocycles. The van der Waals surface area contributed by atoms with Crippen molar-refractivity contribution in [2.75, 3.05) is 11.1 Å². The van der Waals surface area contributed by atoms with E-state index < -0.39 is 10.8 Å². The molecule has 0 aliphatic rings. The van der Waals surface area contributed by atoms with Crippen LogP contribution >= 0.6 is 34.7 Å². The van der Waals surface area contributed by atoms with Crippen LogP contribution in [0.5, 0.6) is 5.75 Å². The molecule has 2 N–H and O–H groups in total. The first-order chi connectivity index (χ1) is 15.3. The number of nitro groups is 1. The average molecular weight is 487 g/mol. The van der Waals surface area contributed by atoms with Crippen molar-refractivity contribution in [1.29, 1.82) is 0 Å². The van der Waals surface area contributed by atoms with Crippen LogP contribution in [0.3, 0.4) is 0 Å². The quantitative estimate of drug-likeness (QED) is 0.118. The number of halogens is 1. The predicted molar refractivity (Wildman–Crippen MR) is 127 cm³/mol. The van der Waals surface area contributed by atoms with Crippen LogP contribution in [0.2, 0.25) is 5.02 Å². The fourth-order valence-corrected chi connectivity index (χ4v) is 5.16. The lowest BCUT2D eigenvalue weighted by atomic mass is 10.0. The normalized spacial score (nSPS) is 10.9. The van der Waals surface area contributed by atoms with Crippen molar-refractivity contribution < 1.29 is 14.8 Å². The highest BCUT2D eigenvalue weighted by atomic mass is 35.5. The number of nitrogens with zero attached hydrogens (tertiary/aromatic N) is 3. The number of nitro benzene ring substituents is 1. The number of aromatic nitrogens is 2. The molecule has 0 spiro atoms. The van der Waals surface area contributed by atoms with E-state index in [1.54, 1.807) is 11.3 Å². The first-order valence-corrected chi connectivity index (χ1v) is 11.4. The van der Waals surface area contributed by atoms with Crippen LogP contribution in [0.15, 0.2) is 53.8 Å². The number of thiophene rings is 1. The molecule has 0 aliphatic carbocycles. The van der Waals surface area contributed by atoms with Crippen LogP contribution in [-0.2, 0) is 4.79 Å². The Morgan fingerprint density at radius 2 is 2.00 bits per heavy atom. The number of amides is 1. The van der Waals surface area contributed by atoms with Gasteiger partial charge in [0.15, 0.2) is 0 Å². The first-order valence-electron chi connectivity index (χ1n) is 9.23. The summed E-state index contributed by atoms with van der Waals surface area (Å²) in [5.74, 6) is -0.696. The number of aryl methyl sites for hydroxylation is 1. The summed E-state index contributed by atoms with van der Waals surface area (Å²) in [7, 11) is 0. The lowest BCUT2D eigenvalue weighted by molar-refractivity contribution is -0.384. The Morgan fingerprint density at radius 3 is 2.72 bits per heavy atom. The standard InChI is InChI=1S/C21H15ClN4O4S2/c1-11-18(12-2-4-13(22)5-3-12)19-20(23-10-24-21(19)32-11)31-9-17(28)25-15-8-14(26(29)30)6-7-16(15)27/h2-8,10,27H,9H2,1H3,(H,25,28). The maximum atomic E-state index is 12.5. The topological polar surface area (TPSA) is 118 Å². The molecular weight excluding hydrogens is 472 g/mol. The summed E-state index contributed by atoms with van der Waals surface area (Å²) in [6, 6.07) is 10.9. The highest BCUT2D eigenvalue weighted by molar-refractivity contribution is 8.00. The molecule has 1 amide bonds. The minimum atomic E-state index is -0.599. The molecule has 0 unspecified atom stereocenters. The molecule has 11 heteroatoms. The largest absolute Gasteiger partial charge is 0.506 e. The molecule has 4 rings (SSSR count). The van der Waals surface area contributed by atoms with Crippen molar-refractivity contribution in [3.8, 4) is 16.9 Å². The van der Waals surface area contributed by atoms with Gasteiger partial charge in [-0.1, -0.05) is 35.5 Å². The molecule has 2 aromatic heterocycles. The fraction of sp³-hybridized carbons (Fsp3) is 0.0952. The molecule has 0 saturated heterocycles. The molecule has 0 fully saturated rings. The van der Waals surface area contributed by atoms with E-state index in [1.807, 2.05) is 31.2 Å². The van der Waals surface area contributed by atoms with E-state index in [9.17, 15) is 20.0 Å². The van der Waals surface area contributed by atoms with Gasteiger partial charge in [0.05, 0.1) is 21.7 Å². The average Bonchev–Trinajstić information content (AvgIpc) is 3.10. The molecule has 2 aromatic carbocycles. The number of hydrogen-bond donors (Lipinski definition) is 2. The van der Waals surface area contributed by atoms with Gasteiger partial charge >= 0.3 is 0 Å². The van der Waals surface area contributed by atoms with Crippen molar-refractivity contribution in [1.82, 2.24) is 9.97 Å². The number of phenols is 1. The third kappa shape index (κ3) is 4.52. The lowest BCUT2D eigenvalue weighted by Crippen LogP contribution is -2.14. The summed E-state index contributed by atoms with van der Waals surface area (Å²) < 4.78 is 0. The Hall–Kier alpha value is -3.21. The molecule has 0 aliphatic heterocycles. The van der Waals surface area contributed by atoms with Gasteiger partial charge in [-0.2, -0.15) is 0 Å². The molecule has 4 aromatic rings. The van der Waals surface area contributed by atoms with Gasteiger partial charge in [-0.3, -0.25) is 14.9 Å². The summed E-state index contributed by atoms with van der Waals surface area (Å²) in [5.41, 5.74) is 1.71. The number of benzene rings is 2. The molecule has 0 atom stereocenters. The number of hydrogen-bond acceptors (Lipinski definition) is 8. The maximum Gasteiger partial charge on any atom is 0.271 e. The number of anilines is 1. The second-order valence-corrected chi connectivity index (χ2v) is 9.30. The Morgan fingerprint density at radius 1 is 1.25 bits per heavy atom. The van der Waals surface area contributed by atoms with Gasteiger partial charge < -0.3 is 10.4 Å². The zero-order valence-corrected chi connectivity index (χ0v) is 18.9. The smallest absolute Gasteiger partial charge is 0.271 e. The van der Waals surface area contributed by atoms with Crippen molar-refractivity contribution in [3.05, 3.63) is 68.8 Å². The van der Waals surface area contributed by atoms with Gasteiger partial charge in [0.1, 0.15) is 21.9 Å². The van der Waals surface area contributed by atoms with Crippen LogP contribution in [0.4, 0.5) is 11.4 Å². The molecule has 8 nitrogen and oxygen atoms in total. The number of aromatic hydroxyl groups is 1. The fourth-order valence-electron chi connectivity index (χ4n) is 3.15. The zero-order valence-electron chi connectivity index (χ0n) is 16.5. The molecule has 2 heterocycles. The molecule has 0 radical (unpaired) electrons. The van der Waals surface area contributed by atoms with Crippen molar-refractivity contribution in [2.45, 2.75) is 11.9 Å². The first kappa shape index (κ1) is 22.0. The number of carbonyl (C=O) groups excluding carboxylic acids is 1. The van der Waals surface area contributed by atoms with E-state index in [4.69, 9.17) is 11.6 Å². The SMILES string of the molecule is Cc1sc2ncnc(SCC(=O)Nc3cc([N+](=O)[O-])ccc3O)c2c1-c1ccc(Cl)cc1. The Bertz CT molecular complexity index is 1340. The Balaban J connectivity index is 1.59. The van der Waals surface area contributed by atoms with Gasteiger partial charge in [-0.05, 0) is 30.7 Å². The van der Waals surface area contributed by atoms with Crippen LogP contribution in [0.1, 0.15) is 4.88 Å². The van der Waals surface area contributed by atoms with Crippen molar-refractivity contribution in [2.24, 2.45) is 0 Å². The highest BCUT2D eigenvalue weighted by Crippen LogP contribution is 2.41. The third-order valence-electron chi connectivity index (χ3n) is 4.57. The number of phenolic OH excluding ortho intramolecular Hbond substituents is 1. The summed E-state index contributed by atoms with van der Waals surface area (Å²) in [6.07, 6.45) is 1.45. The summed E-state index contributed by atoms with van der Waals surface area (Å²) in [4.78, 5) is 33.4. The number of nitrogens with one attached hydrogen (secondary N) is 1. The number of thioether (sulfide) groups is 1. The minimum Gasteiger partial charge on any atom is -0.506 e. The summed E-state index contributed by atoms with van der Waals surface area (Å²) in [5, 5.41) is 25.5. The Kier molecular flexibility index (Phi) is 6.26. The molecule has 0 bridgehead atoms. The van der Waals surface area contributed by atoms with Crippen LogP contribution < -0.4 is 5.32 Å². The van der Waals surface area contributed by atoms with Crippen molar-refractivity contribution in [3.63, 3.8) is 0 Å². The van der Waals surface area contributed by atoms with E-state index in [2.05, 4.69) is 15.3 Å². The lowest BCUT2D eigenvalue weighted by Gasteiger charge is -2.08. The van der Waals surface area contributed by atoms with Crippen LogP contribution in [0.25, 0.3) is 21.3 Å². The molecular formula is C21H15ClN4O4S2. The van der Waals surface area contributed by atoms with Gasteiger partial charge in [-0.25, -0.2) is 9.97 Å². The van der Waals surface area contributed by atoms with Crippen molar-refractivity contribution >= 4 is 62.2 Å². The highest BCUT2D eigenvalue weighted by Gasteiger charge is 2.18. The van der Waals surface area contributed by atoms with Gasteiger partial charge in [0, 0.05) is 27.6 Å². The zero-order chi connectivity index (χ0) is 22.8. The maximum absolute atomic E-state index is 12.5. The number of fused-ring (bicyclic) bond motifs is 1. The minimum absolute atomic E-state index is 0.0107. The Labute approximate surface area is 195 Å². The second kappa shape index (κ2) is 9.11. The summed E-state index contributed by atoms with van der Waals surface area (Å²) >= 11 is 8.79. The second-order valence-electron chi connectivity index (χ2n) is 6.69. The van der Waals surface area contributed by atoms with Gasteiger partial charge in [0.2, 0.25) is 5.91 Å². The summed E-state index contributed by atoms with van der Waals surface area (Å²) in [6.45, 7) is 2.00. The van der Waals surface area contributed by atoms with Gasteiger partial charge in [0.25, 0.3) is 5.69 Å². The molecule has 32 heavy (non-hydrogen) atoms.